The summed E-state index contributed by atoms with van der Waals surface area (Å²) in [6.07, 6.45) is 1.03. The first kappa shape index (κ1) is 20.5. The molecule has 1 spiro atoms. The van der Waals surface area contributed by atoms with E-state index in [1.54, 1.807) is 9.80 Å². The molecule has 160 valence electrons. The number of anilines is 1. The second-order valence-corrected chi connectivity index (χ2v) is 8.67. The van der Waals surface area contributed by atoms with Crippen LogP contribution in [0.3, 0.4) is 0 Å². The first-order chi connectivity index (χ1) is 13.9. The van der Waals surface area contributed by atoms with Gasteiger partial charge in [-0.3, -0.25) is 9.69 Å². The van der Waals surface area contributed by atoms with Crippen LogP contribution in [0.2, 0.25) is 0 Å². The number of piperidine rings is 2. The van der Waals surface area contributed by atoms with Gasteiger partial charge in [0.2, 0.25) is 5.91 Å². The normalized spacial score (nSPS) is 28.2. The highest BCUT2D eigenvalue weighted by Gasteiger charge is 2.54. The fourth-order valence-corrected chi connectivity index (χ4v) is 5.29. The summed E-state index contributed by atoms with van der Waals surface area (Å²) in [5.41, 5.74) is 1.17. The number of hydrogen-bond donors (Lipinski definition) is 0. The smallest absolute Gasteiger partial charge is 0.261 e. The molecule has 3 saturated heterocycles. The standard InChI is InChI=1S/C22H31F2N3O2/c1-2-26-9-5-8-21(20(26)28)15-22(23,24)17-25(16-21)14-18-6-3-4-7-19(18)27-10-12-29-13-11-27/h3-4,6-7H,2,5,8-17H2,1H3. The monoisotopic (exact) mass is 407 g/mol. The molecule has 1 atom stereocenters. The molecular weight excluding hydrogens is 376 g/mol. The molecule has 0 N–H and O–H groups in total. The minimum Gasteiger partial charge on any atom is -0.378 e. The third-order valence-electron chi connectivity index (χ3n) is 6.52. The number of benzene rings is 1. The van der Waals surface area contributed by atoms with Crippen LogP contribution in [0.15, 0.2) is 24.3 Å². The molecule has 1 amide bonds. The van der Waals surface area contributed by atoms with Crippen molar-refractivity contribution in [1.29, 1.82) is 0 Å². The average molecular weight is 408 g/mol. The van der Waals surface area contributed by atoms with Gasteiger partial charge in [-0.15, -0.1) is 0 Å². The number of carbonyl (C=O) groups excluding carboxylic acids is 1. The van der Waals surface area contributed by atoms with E-state index in [0.29, 0.717) is 45.8 Å². The van der Waals surface area contributed by atoms with E-state index in [2.05, 4.69) is 11.0 Å². The van der Waals surface area contributed by atoms with E-state index in [-0.39, 0.29) is 18.9 Å². The van der Waals surface area contributed by atoms with Gasteiger partial charge in [0, 0.05) is 51.4 Å². The van der Waals surface area contributed by atoms with Crippen LogP contribution >= 0.6 is 0 Å². The van der Waals surface area contributed by atoms with E-state index in [4.69, 9.17) is 4.74 Å². The van der Waals surface area contributed by atoms with Gasteiger partial charge in [-0.25, -0.2) is 8.78 Å². The summed E-state index contributed by atoms with van der Waals surface area (Å²) in [6, 6.07) is 8.03. The highest BCUT2D eigenvalue weighted by Crippen LogP contribution is 2.45. The number of likely N-dealkylation sites (tertiary alicyclic amines) is 2. The van der Waals surface area contributed by atoms with Crippen molar-refractivity contribution in [2.45, 2.75) is 38.7 Å². The Labute approximate surface area is 171 Å². The average Bonchev–Trinajstić information content (AvgIpc) is 2.70. The lowest BCUT2D eigenvalue weighted by atomic mass is 9.71. The Hall–Kier alpha value is -1.73. The molecule has 4 rings (SSSR count). The highest BCUT2D eigenvalue weighted by molar-refractivity contribution is 5.84. The van der Waals surface area contributed by atoms with Gasteiger partial charge >= 0.3 is 0 Å². The van der Waals surface area contributed by atoms with Crippen molar-refractivity contribution in [3.8, 4) is 0 Å². The van der Waals surface area contributed by atoms with Crippen LogP contribution in [0, 0.1) is 5.41 Å². The number of nitrogens with zero attached hydrogens (tertiary/aromatic N) is 3. The molecule has 0 saturated carbocycles. The van der Waals surface area contributed by atoms with Crippen molar-refractivity contribution in [3.63, 3.8) is 0 Å². The number of hydrogen-bond acceptors (Lipinski definition) is 4. The fraction of sp³-hybridized carbons (Fsp3) is 0.682. The van der Waals surface area contributed by atoms with E-state index >= 15 is 0 Å². The van der Waals surface area contributed by atoms with Crippen molar-refractivity contribution < 1.29 is 18.3 Å². The molecule has 0 aliphatic carbocycles. The second kappa shape index (κ2) is 8.19. The molecule has 7 heteroatoms. The molecule has 0 bridgehead atoms. The van der Waals surface area contributed by atoms with Crippen molar-refractivity contribution in [2.24, 2.45) is 5.41 Å². The molecule has 3 fully saturated rings. The molecule has 0 radical (unpaired) electrons. The maximum Gasteiger partial charge on any atom is 0.261 e. The molecule has 1 aromatic carbocycles. The van der Waals surface area contributed by atoms with Crippen LogP contribution in [-0.2, 0) is 16.1 Å². The lowest BCUT2D eigenvalue weighted by molar-refractivity contribution is -0.170. The number of ether oxygens (including phenoxy) is 1. The summed E-state index contributed by atoms with van der Waals surface area (Å²) in [5, 5.41) is 0. The third-order valence-corrected chi connectivity index (χ3v) is 6.52. The Balaban J connectivity index is 1.57. The maximum atomic E-state index is 14.8. The van der Waals surface area contributed by atoms with Gasteiger partial charge in [0.15, 0.2) is 0 Å². The summed E-state index contributed by atoms with van der Waals surface area (Å²) in [4.78, 5) is 18.9. The number of amides is 1. The lowest BCUT2D eigenvalue weighted by Gasteiger charge is -2.49. The zero-order valence-corrected chi connectivity index (χ0v) is 17.2. The van der Waals surface area contributed by atoms with Gasteiger partial charge in [0.1, 0.15) is 0 Å². The topological polar surface area (TPSA) is 36.0 Å². The quantitative estimate of drug-likeness (QED) is 0.769. The molecule has 3 aliphatic rings. The predicted octanol–water partition coefficient (Wildman–Crippen LogP) is 2.99. The third kappa shape index (κ3) is 4.26. The largest absolute Gasteiger partial charge is 0.378 e. The molecule has 3 aliphatic heterocycles. The van der Waals surface area contributed by atoms with Gasteiger partial charge < -0.3 is 14.5 Å². The Morgan fingerprint density at radius 3 is 2.62 bits per heavy atom. The number of para-hydroxylation sites is 1. The summed E-state index contributed by atoms with van der Waals surface area (Å²) in [7, 11) is 0. The van der Waals surface area contributed by atoms with Crippen LogP contribution in [0.25, 0.3) is 0 Å². The van der Waals surface area contributed by atoms with Crippen molar-refractivity contribution >= 4 is 11.6 Å². The SMILES string of the molecule is CCN1CCCC2(CN(Cc3ccccc3N3CCOCC3)CC(F)(F)C2)C1=O. The first-order valence-electron chi connectivity index (χ1n) is 10.7. The Bertz CT molecular complexity index is 739. The first-order valence-corrected chi connectivity index (χ1v) is 10.7. The number of rotatable bonds is 4. The van der Waals surface area contributed by atoms with Gasteiger partial charge in [-0.1, -0.05) is 18.2 Å². The van der Waals surface area contributed by atoms with E-state index in [1.807, 2.05) is 25.1 Å². The van der Waals surface area contributed by atoms with Crippen molar-refractivity contribution in [3.05, 3.63) is 29.8 Å². The van der Waals surface area contributed by atoms with Crippen molar-refractivity contribution in [2.75, 3.05) is 57.4 Å². The minimum absolute atomic E-state index is 0.0860. The van der Waals surface area contributed by atoms with Crippen LogP contribution in [0.4, 0.5) is 14.5 Å². The van der Waals surface area contributed by atoms with E-state index < -0.39 is 11.3 Å². The summed E-state index contributed by atoms with van der Waals surface area (Å²) < 4.78 is 35.1. The van der Waals surface area contributed by atoms with Crippen molar-refractivity contribution in [1.82, 2.24) is 9.80 Å². The zero-order chi connectivity index (χ0) is 20.5. The second-order valence-electron chi connectivity index (χ2n) is 8.67. The van der Waals surface area contributed by atoms with Crippen LogP contribution in [-0.4, -0.2) is 74.1 Å². The molecule has 3 heterocycles. The van der Waals surface area contributed by atoms with Gasteiger partial charge in [-0.05, 0) is 31.4 Å². The van der Waals surface area contributed by atoms with E-state index in [1.165, 1.54) is 0 Å². The summed E-state index contributed by atoms with van der Waals surface area (Å²) in [6.45, 7) is 6.73. The highest BCUT2D eigenvalue weighted by atomic mass is 19.3. The van der Waals surface area contributed by atoms with E-state index in [0.717, 1.165) is 30.8 Å². The Kier molecular flexibility index (Phi) is 5.80. The number of carbonyl (C=O) groups is 1. The molecule has 5 nitrogen and oxygen atoms in total. The van der Waals surface area contributed by atoms with Gasteiger partial charge in [0.25, 0.3) is 5.92 Å². The molecule has 1 aromatic rings. The number of halogens is 2. The van der Waals surface area contributed by atoms with Crippen LogP contribution in [0.5, 0.6) is 0 Å². The van der Waals surface area contributed by atoms with Gasteiger partial charge in [0.05, 0.1) is 25.2 Å². The van der Waals surface area contributed by atoms with E-state index in [9.17, 15) is 13.6 Å². The lowest BCUT2D eigenvalue weighted by Crippen LogP contribution is -2.60. The predicted molar refractivity (Wildman–Crippen MR) is 108 cm³/mol. The zero-order valence-electron chi connectivity index (χ0n) is 17.2. The summed E-state index contributed by atoms with van der Waals surface area (Å²) in [5.74, 6) is -2.93. The Morgan fingerprint density at radius 2 is 1.86 bits per heavy atom. The molecular formula is C22H31F2N3O2. The van der Waals surface area contributed by atoms with Crippen LogP contribution in [0.1, 0.15) is 31.7 Å². The Morgan fingerprint density at radius 1 is 1.10 bits per heavy atom. The maximum absolute atomic E-state index is 14.8. The number of alkyl halides is 2. The number of morpholine rings is 1. The minimum atomic E-state index is -2.85. The van der Waals surface area contributed by atoms with Gasteiger partial charge in [-0.2, -0.15) is 0 Å². The fourth-order valence-electron chi connectivity index (χ4n) is 5.29. The molecule has 1 unspecified atom stereocenters. The molecule has 0 aromatic heterocycles. The molecule has 29 heavy (non-hydrogen) atoms. The van der Waals surface area contributed by atoms with Crippen LogP contribution < -0.4 is 4.90 Å². The summed E-state index contributed by atoms with van der Waals surface area (Å²) >= 11 is 0.